The minimum Gasteiger partial charge on any atom is -0.493 e. The molecule has 11 heteroatoms. The van der Waals surface area contributed by atoms with Crippen molar-refractivity contribution in [3.05, 3.63) is 125 Å². The van der Waals surface area contributed by atoms with Gasteiger partial charge in [-0.15, -0.1) is 0 Å². The SMILES string of the molecule is CCC(=O)N(c1ccccc1)C1CCN(CCc2ccccc2)CC1.COc1ccc2c3c1O[C@H]1C(=O)CC[C@H]4[C@@H](C2)N(C)CC[C@]314.COc1ccc2c3c1O[C@H]1[C@@H](O)C=C[C@H]4[C@@H](C2)N(C)CC[C@@]341. The molecule has 1 saturated carbocycles. The molecule has 4 aromatic rings. The molecule has 364 valence electrons. The molecule has 4 bridgehead atoms. The molecule has 2 spiro atoms. The highest BCUT2D eigenvalue weighted by Crippen LogP contribution is 2.64. The molecule has 9 aliphatic rings. The van der Waals surface area contributed by atoms with Gasteiger partial charge in [0, 0.05) is 84.2 Å². The molecule has 4 aromatic carbocycles. The Morgan fingerprint density at radius 2 is 1.36 bits per heavy atom. The van der Waals surface area contributed by atoms with Crippen LogP contribution < -0.4 is 23.8 Å². The Morgan fingerprint density at radius 1 is 0.754 bits per heavy atom. The summed E-state index contributed by atoms with van der Waals surface area (Å²) in [5.41, 5.74) is 7.62. The number of hydrogen-bond acceptors (Lipinski definition) is 10. The molecule has 11 nitrogen and oxygen atoms in total. The number of ether oxygens (including phenoxy) is 4. The van der Waals surface area contributed by atoms with Crippen LogP contribution in [0, 0.1) is 11.8 Å². The average Bonchev–Trinajstić information content (AvgIpc) is 3.93. The number of likely N-dealkylation sites (N-methyl/N-ethyl adjacent to an activating group) is 2. The Labute approximate surface area is 408 Å². The highest BCUT2D eigenvalue weighted by molar-refractivity contribution is 5.93. The maximum atomic E-state index is 12.6. The fraction of sp³-hybridized carbons (Fsp3) is 0.517. The number of Topliss-reactive ketones (excluding diaryl/α,β-unsaturated/α-hetero) is 1. The van der Waals surface area contributed by atoms with Crippen molar-refractivity contribution in [3.63, 3.8) is 0 Å². The molecule has 69 heavy (non-hydrogen) atoms. The lowest BCUT2D eigenvalue weighted by Gasteiger charge is -2.57. The molecule has 0 unspecified atom stereocenters. The molecule has 5 heterocycles. The van der Waals surface area contributed by atoms with Crippen molar-refractivity contribution < 1.29 is 33.6 Å². The van der Waals surface area contributed by atoms with Crippen LogP contribution in [0.5, 0.6) is 23.0 Å². The van der Waals surface area contributed by atoms with Gasteiger partial charge in [-0.05, 0) is 125 Å². The predicted octanol–water partition coefficient (Wildman–Crippen LogP) is 7.57. The van der Waals surface area contributed by atoms with Gasteiger partial charge in [0.05, 0.1) is 14.2 Å². The van der Waals surface area contributed by atoms with E-state index in [0.717, 1.165) is 113 Å². The van der Waals surface area contributed by atoms with Crippen LogP contribution in [0.1, 0.15) is 79.7 Å². The van der Waals surface area contributed by atoms with Gasteiger partial charge in [-0.2, -0.15) is 0 Å². The Hall–Kier alpha value is -5.20. The second-order valence-electron chi connectivity index (χ2n) is 21.2. The van der Waals surface area contributed by atoms with Crippen molar-refractivity contribution in [1.29, 1.82) is 0 Å². The summed E-state index contributed by atoms with van der Waals surface area (Å²) >= 11 is 0. The summed E-state index contributed by atoms with van der Waals surface area (Å²) < 4.78 is 23.6. The lowest BCUT2D eigenvalue weighted by Crippen LogP contribution is -2.65. The van der Waals surface area contributed by atoms with Crippen molar-refractivity contribution in [2.45, 2.75) is 118 Å². The van der Waals surface area contributed by atoms with Crippen LogP contribution in [0.25, 0.3) is 0 Å². The number of rotatable bonds is 8. The summed E-state index contributed by atoms with van der Waals surface area (Å²) in [4.78, 5) is 34.7. The first-order valence-electron chi connectivity index (χ1n) is 25.8. The van der Waals surface area contributed by atoms with Crippen LogP contribution in [-0.2, 0) is 39.7 Å². The number of amides is 1. The third-order valence-corrected chi connectivity index (χ3v) is 18.0. The van der Waals surface area contributed by atoms with Crippen molar-refractivity contribution in [3.8, 4) is 23.0 Å². The number of nitrogens with zero attached hydrogens (tertiary/aromatic N) is 4. The van der Waals surface area contributed by atoms with Gasteiger partial charge in [-0.25, -0.2) is 0 Å². The molecule has 1 N–H and O–H groups in total. The maximum absolute atomic E-state index is 12.6. The van der Waals surface area contributed by atoms with Gasteiger partial charge in [0.25, 0.3) is 0 Å². The minimum absolute atomic E-state index is 0.0806. The highest BCUT2D eigenvalue weighted by atomic mass is 16.5. The molecule has 0 radical (unpaired) electrons. The maximum Gasteiger partial charge on any atom is 0.226 e. The van der Waals surface area contributed by atoms with Crippen molar-refractivity contribution in [1.82, 2.24) is 14.7 Å². The number of hydrogen-bond donors (Lipinski definition) is 1. The Bertz CT molecular complexity index is 2570. The van der Waals surface area contributed by atoms with Crippen LogP contribution in [0.4, 0.5) is 5.69 Å². The van der Waals surface area contributed by atoms with E-state index < -0.39 is 6.10 Å². The average molecular weight is 935 g/mol. The van der Waals surface area contributed by atoms with Crippen LogP contribution in [0.15, 0.2) is 97.1 Å². The van der Waals surface area contributed by atoms with Gasteiger partial charge in [-0.1, -0.05) is 79.7 Å². The summed E-state index contributed by atoms with van der Waals surface area (Å²) in [5, 5.41) is 10.6. The van der Waals surface area contributed by atoms with Crippen LogP contribution >= 0.6 is 0 Å². The number of ketones is 1. The molecule has 3 saturated heterocycles. The number of carbonyl (C=O) groups excluding carboxylic acids is 2. The second-order valence-corrected chi connectivity index (χ2v) is 21.2. The zero-order chi connectivity index (χ0) is 47.6. The molecular formula is C58H70N4O7. The number of aliphatic hydroxyl groups is 1. The third kappa shape index (κ3) is 7.51. The van der Waals surface area contributed by atoms with Gasteiger partial charge in [0.1, 0.15) is 12.2 Å². The van der Waals surface area contributed by atoms with Crippen LogP contribution in [0.2, 0.25) is 0 Å². The number of benzene rings is 4. The van der Waals surface area contributed by atoms with E-state index in [0.29, 0.717) is 42.8 Å². The van der Waals surface area contributed by atoms with Gasteiger partial charge < -0.3 is 43.7 Å². The van der Waals surface area contributed by atoms with E-state index >= 15 is 0 Å². The molecule has 4 aliphatic carbocycles. The Balaban J connectivity index is 0.000000113. The second kappa shape index (κ2) is 18.5. The lowest BCUT2D eigenvalue weighted by molar-refractivity contribution is -0.138. The third-order valence-electron chi connectivity index (χ3n) is 18.0. The number of methoxy groups -OCH3 is 2. The quantitative estimate of drug-likeness (QED) is 0.178. The Morgan fingerprint density at radius 3 is 2.03 bits per heavy atom. The molecule has 13 rings (SSSR count). The number of para-hydroxylation sites is 1. The Kier molecular flexibility index (Phi) is 12.4. The number of likely N-dealkylation sites (tertiary alicyclic amines) is 3. The standard InChI is InChI=1S/C22H28N2O.2C18H21NO3/c1-2-22(25)24(20-11-7-4-8-12-20)21-14-17-23(18-15-21)16-13-19-9-5-3-6-10-19;2*1-19-8-7-18-11-4-5-13(20)17(18)22-16-14(21-2)6-3-10(15(16)18)9-12(11)19/h3-12,21H,2,13-18H2,1H3;3,6,11-12,17H,4-5,7-9H2,1-2H3;3-6,11-13,17,20H,7-9H2,1-2H3/t;11-,12+,17-,18-;11-,12+,13-,17-,18-/m.00/s1. The van der Waals surface area contributed by atoms with Gasteiger partial charge >= 0.3 is 0 Å². The summed E-state index contributed by atoms with van der Waals surface area (Å²) in [5.74, 6) is 4.78. The molecule has 5 aliphatic heterocycles. The van der Waals surface area contributed by atoms with E-state index in [1.165, 1.54) is 27.8 Å². The number of carbonyl (C=O) groups is 2. The predicted molar refractivity (Wildman–Crippen MR) is 268 cm³/mol. The molecular weight excluding hydrogens is 865 g/mol. The molecule has 1 amide bonds. The van der Waals surface area contributed by atoms with Crippen molar-refractivity contribution in [2.24, 2.45) is 11.8 Å². The summed E-state index contributed by atoms with van der Waals surface area (Å²) in [6.45, 7) is 7.29. The van der Waals surface area contributed by atoms with Crippen molar-refractivity contribution >= 4 is 17.4 Å². The summed E-state index contributed by atoms with van der Waals surface area (Å²) in [7, 11) is 7.82. The van der Waals surface area contributed by atoms with E-state index in [1.54, 1.807) is 14.2 Å². The molecule has 0 aromatic heterocycles. The normalized spacial score (nSPS) is 31.1. The van der Waals surface area contributed by atoms with Gasteiger partial charge in [0.2, 0.25) is 5.91 Å². The van der Waals surface area contributed by atoms with Crippen LogP contribution in [0.3, 0.4) is 0 Å². The number of anilines is 1. The zero-order valence-corrected chi connectivity index (χ0v) is 41.1. The smallest absolute Gasteiger partial charge is 0.226 e. The fourth-order valence-corrected chi connectivity index (χ4v) is 14.7. The van der Waals surface area contributed by atoms with E-state index in [9.17, 15) is 14.7 Å². The lowest BCUT2D eigenvalue weighted by atomic mass is 9.52. The monoisotopic (exact) mass is 935 g/mol. The summed E-state index contributed by atoms with van der Waals surface area (Å²) in [6, 6.07) is 30.6. The van der Waals surface area contributed by atoms with Gasteiger partial charge in [0.15, 0.2) is 34.9 Å². The highest BCUT2D eigenvalue weighted by Gasteiger charge is 2.66. The fourth-order valence-electron chi connectivity index (χ4n) is 14.7. The first-order valence-corrected chi connectivity index (χ1v) is 25.8. The summed E-state index contributed by atoms with van der Waals surface area (Å²) in [6.07, 6.45) is 12.8. The van der Waals surface area contributed by atoms with Gasteiger partial charge in [-0.3, -0.25) is 9.59 Å². The van der Waals surface area contributed by atoms with E-state index in [2.05, 4.69) is 89.5 Å². The minimum atomic E-state index is -0.539. The topological polar surface area (TPSA) is 104 Å². The van der Waals surface area contributed by atoms with E-state index in [4.69, 9.17) is 18.9 Å². The van der Waals surface area contributed by atoms with E-state index in [1.807, 2.05) is 48.2 Å². The largest absolute Gasteiger partial charge is 0.493 e. The molecule has 9 atom stereocenters. The number of aliphatic hydroxyl groups excluding tert-OH is 1. The van der Waals surface area contributed by atoms with Crippen molar-refractivity contribution in [2.75, 3.05) is 65.9 Å². The first-order chi connectivity index (χ1) is 33.6. The zero-order valence-electron chi connectivity index (χ0n) is 41.1. The van der Waals surface area contributed by atoms with Crippen LogP contribution in [-0.4, -0.2) is 129 Å². The molecule has 4 fully saturated rings. The first kappa shape index (κ1) is 46.2. The van der Waals surface area contributed by atoms with E-state index in [-0.39, 0.29) is 34.7 Å². The number of piperidine rings is 3.